The molecular formula is C20H22F3N3O4. The molecule has 0 saturated carbocycles. The second kappa shape index (κ2) is 9.38. The van der Waals surface area contributed by atoms with Crippen LogP contribution >= 0.6 is 0 Å². The minimum absolute atomic E-state index is 0.109. The van der Waals surface area contributed by atoms with Gasteiger partial charge in [-0.05, 0) is 24.8 Å². The number of hydrogen-bond donors (Lipinski definition) is 0. The van der Waals surface area contributed by atoms with Crippen LogP contribution in [0.1, 0.15) is 44.1 Å². The molecule has 0 bridgehead atoms. The van der Waals surface area contributed by atoms with Crippen LogP contribution in [0.5, 0.6) is 0 Å². The summed E-state index contributed by atoms with van der Waals surface area (Å²) in [7, 11) is 0. The molecule has 1 unspecified atom stereocenters. The van der Waals surface area contributed by atoms with E-state index in [1.807, 2.05) is 6.92 Å². The monoisotopic (exact) mass is 425 g/mol. The van der Waals surface area contributed by atoms with Crippen molar-refractivity contribution < 1.29 is 32.0 Å². The Morgan fingerprint density at radius 2 is 1.97 bits per heavy atom. The van der Waals surface area contributed by atoms with E-state index in [0.717, 1.165) is 12.8 Å². The Kier molecular flexibility index (Phi) is 6.86. The Labute approximate surface area is 171 Å². The van der Waals surface area contributed by atoms with Crippen LogP contribution in [0.15, 0.2) is 28.8 Å². The number of Topliss-reactive ketones (excluding diaryl/α,β-unsaturated/α-hetero) is 1. The number of halogens is 3. The molecular weight excluding hydrogens is 403 g/mol. The summed E-state index contributed by atoms with van der Waals surface area (Å²) in [4.78, 5) is 29.5. The van der Waals surface area contributed by atoms with E-state index in [1.165, 1.54) is 4.90 Å². The molecule has 0 N–H and O–H groups in total. The van der Waals surface area contributed by atoms with Crippen LogP contribution in [0.2, 0.25) is 0 Å². The molecule has 1 amide bonds. The first kappa shape index (κ1) is 21.9. The van der Waals surface area contributed by atoms with Crippen LogP contribution in [-0.4, -0.2) is 46.0 Å². The molecule has 1 atom stereocenters. The third kappa shape index (κ3) is 5.44. The van der Waals surface area contributed by atoms with Gasteiger partial charge in [-0.1, -0.05) is 36.3 Å². The van der Waals surface area contributed by atoms with E-state index in [-0.39, 0.29) is 24.9 Å². The number of carbonyl (C=O) groups is 2. The molecule has 1 aromatic heterocycles. The van der Waals surface area contributed by atoms with Crippen molar-refractivity contribution in [2.75, 3.05) is 13.2 Å². The summed E-state index contributed by atoms with van der Waals surface area (Å²) < 4.78 is 47.7. The van der Waals surface area contributed by atoms with E-state index >= 15 is 0 Å². The number of rotatable bonds is 8. The normalized spacial score (nSPS) is 16.6. The van der Waals surface area contributed by atoms with Crippen LogP contribution in [0.4, 0.5) is 13.2 Å². The molecule has 0 aliphatic carbocycles. The van der Waals surface area contributed by atoms with Crippen LogP contribution in [0, 0.1) is 0 Å². The molecule has 0 radical (unpaired) electrons. The maximum atomic E-state index is 12.6. The Hall–Kier alpha value is -2.75. The van der Waals surface area contributed by atoms with Crippen molar-refractivity contribution in [2.24, 2.45) is 0 Å². The van der Waals surface area contributed by atoms with Gasteiger partial charge in [-0.2, -0.15) is 18.2 Å². The van der Waals surface area contributed by atoms with E-state index < -0.39 is 23.8 Å². The molecule has 7 nitrogen and oxygen atoms in total. The van der Waals surface area contributed by atoms with E-state index in [9.17, 15) is 22.8 Å². The van der Waals surface area contributed by atoms with Gasteiger partial charge in [0.05, 0.1) is 6.10 Å². The number of hydrogen-bond acceptors (Lipinski definition) is 6. The number of benzene rings is 1. The number of nitrogens with zero attached hydrogens (tertiary/aromatic N) is 3. The first-order valence-corrected chi connectivity index (χ1v) is 9.72. The van der Waals surface area contributed by atoms with Crippen LogP contribution in [0.25, 0.3) is 11.4 Å². The third-order valence-electron chi connectivity index (χ3n) is 4.70. The molecule has 2 heterocycles. The Balaban J connectivity index is 1.73. The number of ketones is 1. The van der Waals surface area contributed by atoms with Gasteiger partial charge in [-0.25, -0.2) is 0 Å². The quantitative estimate of drug-likeness (QED) is 0.601. The van der Waals surface area contributed by atoms with E-state index in [2.05, 4.69) is 14.7 Å². The number of alkyl halides is 3. The van der Waals surface area contributed by atoms with Crippen LogP contribution in [-0.2, 0) is 27.0 Å². The molecule has 1 aliphatic heterocycles. The minimum Gasteiger partial charge on any atom is -0.376 e. The first-order chi connectivity index (χ1) is 14.3. The lowest BCUT2D eigenvalue weighted by Gasteiger charge is -2.25. The first-order valence-electron chi connectivity index (χ1n) is 9.72. The van der Waals surface area contributed by atoms with Gasteiger partial charge in [-0.3, -0.25) is 9.59 Å². The van der Waals surface area contributed by atoms with Crippen molar-refractivity contribution in [1.82, 2.24) is 15.0 Å². The minimum atomic E-state index is -4.71. The molecule has 1 saturated heterocycles. The topological polar surface area (TPSA) is 85.5 Å². The van der Waals surface area contributed by atoms with E-state index in [1.54, 1.807) is 24.3 Å². The summed E-state index contributed by atoms with van der Waals surface area (Å²) in [6, 6.07) is 6.39. The molecule has 2 aromatic rings. The summed E-state index contributed by atoms with van der Waals surface area (Å²) >= 11 is 0. The van der Waals surface area contributed by atoms with Gasteiger partial charge in [0.25, 0.3) is 5.91 Å². The summed E-state index contributed by atoms with van der Waals surface area (Å²) in [5.41, 5.74) is 1.06. The van der Waals surface area contributed by atoms with Crippen molar-refractivity contribution in [3.8, 4) is 11.4 Å². The molecule has 1 aromatic carbocycles. The van der Waals surface area contributed by atoms with Gasteiger partial charge in [0.15, 0.2) is 0 Å². The summed E-state index contributed by atoms with van der Waals surface area (Å²) in [5.74, 6) is -2.59. The maximum Gasteiger partial charge on any atom is 0.471 e. The highest BCUT2D eigenvalue weighted by Crippen LogP contribution is 2.29. The van der Waals surface area contributed by atoms with Gasteiger partial charge in [-0.15, -0.1) is 0 Å². The van der Waals surface area contributed by atoms with Crippen molar-refractivity contribution in [3.05, 3.63) is 35.7 Å². The number of aromatic nitrogens is 2. The second-order valence-electron chi connectivity index (χ2n) is 7.11. The SMILES string of the molecule is CCCC(=O)C(=O)N(Cc1ccc(-c2noc(C(F)(F)F)n2)cc1)CC1CCCO1. The van der Waals surface area contributed by atoms with Crippen molar-refractivity contribution in [2.45, 2.75) is 51.4 Å². The highest BCUT2D eigenvalue weighted by atomic mass is 19.4. The fraction of sp³-hybridized carbons (Fsp3) is 0.500. The zero-order valence-corrected chi connectivity index (χ0v) is 16.4. The van der Waals surface area contributed by atoms with Crippen molar-refractivity contribution in [1.29, 1.82) is 0 Å². The molecule has 10 heteroatoms. The molecule has 3 rings (SSSR count). The van der Waals surface area contributed by atoms with E-state index in [0.29, 0.717) is 30.7 Å². The Bertz CT molecular complexity index is 874. The molecule has 0 spiro atoms. The van der Waals surface area contributed by atoms with Crippen molar-refractivity contribution in [3.63, 3.8) is 0 Å². The van der Waals surface area contributed by atoms with Crippen molar-refractivity contribution >= 4 is 11.7 Å². The number of carbonyl (C=O) groups excluding carboxylic acids is 2. The number of ether oxygens (including phenoxy) is 1. The summed E-state index contributed by atoms with van der Waals surface area (Å²) in [6.45, 7) is 2.97. The third-order valence-corrected chi connectivity index (χ3v) is 4.70. The zero-order chi connectivity index (χ0) is 21.7. The van der Waals surface area contributed by atoms with Gasteiger partial charge < -0.3 is 14.2 Å². The fourth-order valence-corrected chi connectivity index (χ4v) is 3.20. The van der Waals surface area contributed by atoms with Gasteiger partial charge in [0.2, 0.25) is 11.6 Å². The lowest BCUT2D eigenvalue weighted by atomic mass is 10.1. The van der Waals surface area contributed by atoms with Crippen LogP contribution in [0.3, 0.4) is 0 Å². The van der Waals surface area contributed by atoms with Gasteiger partial charge in [0, 0.05) is 31.7 Å². The van der Waals surface area contributed by atoms with Crippen LogP contribution < -0.4 is 0 Å². The predicted octanol–water partition coefficient (Wildman–Crippen LogP) is 3.63. The predicted molar refractivity (Wildman–Crippen MR) is 99.0 cm³/mol. The fourth-order valence-electron chi connectivity index (χ4n) is 3.20. The number of amides is 1. The maximum absolute atomic E-state index is 12.6. The van der Waals surface area contributed by atoms with Gasteiger partial charge in [0.1, 0.15) is 0 Å². The average Bonchev–Trinajstić information content (AvgIpc) is 3.39. The summed E-state index contributed by atoms with van der Waals surface area (Å²) in [6.07, 6.45) is -2.32. The average molecular weight is 425 g/mol. The largest absolute Gasteiger partial charge is 0.471 e. The summed E-state index contributed by atoms with van der Waals surface area (Å²) in [5, 5.41) is 3.35. The highest BCUT2D eigenvalue weighted by molar-refractivity contribution is 6.36. The molecule has 30 heavy (non-hydrogen) atoms. The zero-order valence-electron chi connectivity index (χ0n) is 16.4. The smallest absolute Gasteiger partial charge is 0.376 e. The standard InChI is InChI=1S/C20H22F3N3O4/c1-2-4-16(27)18(28)26(12-15-5-3-10-29-15)11-13-6-8-14(9-7-13)17-24-19(30-25-17)20(21,22)23/h6-9,15H,2-5,10-12H2,1H3. The molecule has 1 aliphatic rings. The second-order valence-corrected chi connectivity index (χ2v) is 7.11. The van der Waals surface area contributed by atoms with E-state index in [4.69, 9.17) is 4.74 Å². The molecule has 1 fully saturated rings. The lowest BCUT2D eigenvalue weighted by molar-refractivity contribution is -0.159. The highest BCUT2D eigenvalue weighted by Gasteiger charge is 2.38. The van der Waals surface area contributed by atoms with Gasteiger partial charge >= 0.3 is 12.1 Å². The Morgan fingerprint density at radius 3 is 2.53 bits per heavy atom. The Morgan fingerprint density at radius 1 is 1.23 bits per heavy atom. The molecule has 162 valence electrons. The lowest BCUT2D eigenvalue weighted by Crippen LogP contribution is -2.40.